The van der Waals surface area contributed by atoms with E-state index in [0.29, 0.717) is 0 Å². The average molecular weight is 520 g/mol. The number of rotatable bonds is 3. The molecular formula is C37H29NS. The topological polar surface area (TPSA) is 3.24 Å². The predicted molar refractivity (Wildman–Crippen MR) is 170 cm³/mol. The molecule has 2 heteroatoms. The Morgan fingerprint density at radius 1 is 0.667 bits per heavy atom. The fourth-order valence-electron chi connectivity index (χ4n) is 6.89. The molecule has 1 aromatic heterocycles. The van der Waals surface area contributed by atoms with Crippen LogP contribution in [-0.2, 0) is 5.41 Å². The number of anilines is 3. The molecule has 188 valence electrons. The first-order valence-electron chi connectivity index (χ1n) is 13.8. The van der Waals surface area contributed by atoms with E-state index in [0.717, 1.165) is 12.8 Å². The van der Waals surface area contributed by atoms with Crippen molar-refractivity contribution in [1.29, 1.82) is 0 Å². The largest absolute Gasteiger partial charge is 0.308 e. The van der Waals surface area contributed by atoms with Crippen LogP contribution in [0.4, 0.5) is 17.1 Å². The van der Waals surface area contributed by atoms with Gasteiger partial charge in [0.15, 0.2) is 0 Å². The van der Waals surface area contributed by atoms with Gasteiger partial charge in [0.1, 0.15) is 0 Å². The van der Waals surface area contributed by atoms with Gasteiger partial charge in [-0.1, -0.05) is 105 Å². The second-order valence-corrected chi connectivity index (χ2v) is 12.3. The fourth-order valence-corrected chi connectivity index (χ4v) is 8.27. The van der Waals surface area contributed by atoms with E-state index < -0.39 is 0 Å². The number of hydrogen-bond donors (Lipinski definition) is 0. The lowest BCUT2D eigenvalue weighted by Crippen LogP contribution is -2.16. The Morgan fingerprint density at radius 3 is 2.28 bits per heavy atom. The molecule has 0 saturated carbocycles. The van der Waals surface area contributed by atoms with E-state index in [1.165, 1.54) is 64.7 Å². The highest BCUT2D eigenvalue weighted by atomic mass is 32.1. The molecule has 0 radical (unpaired) electrons. The van der Waals surface area contributed by atoms with Gasteiger partial charge in [0.25, 0.3) is 0 Å². The molecule has 0 fully saturated rings. The SMILES string of the molecule is CC1(C)C2=C(CCC=C2)c2c1ccc1c2sc2c(N(c3ccccc3)c3cccc4ccccc34)cccc21. The molecule has 0 spiro atoms. The second kappa shape index (κ2) is 8.43. The Balaban J connectivity index is 1.44. The summed E-state index contributed by atoms with van der Waals surface area (Å²) in [4.78, 5) is 2.46. The zero-order chi connectivity index (χ0) is 26.1. The summed E-state index contributed by atoms with van der Waals surface area (Å²) < 4.78 is 2.78. The van der Waals surface area contributed by atoms with E-state index in [9.17, 15) is 0 Å². The zero-order valence-electron chi connectivity index (χ0n) is 22.2. The molecule has 0 amide bonds. The third-order valence-electron chi connectivity index (χ3n) is 8.73. The number of allylic oxidation sites excluding steroid dienone is 4. The van der Waals surface area contributed by atoms with Crippen LogP contribution in [0, 0.1) is 0 Å². The summed E-state index contributed by atoms with van der Waals surface area (Å²) in [6.45, 7) is 4.79. The number of hydrogen-bond acceptors (Lipinski definition) is 2. The van der Waals surface area contributed by atoms with E-state index >= 15 is 0 Å². The van der Waals surface area contributed by atoms with Crippen LogP contribution < -0.4 is 4.90 Å². The molecule has 0 bridgehead atoms. The van der Waals surface area contributed by atoms with Crippen LogP contribution in [0.15, 0.2) is 121 Å². The Bertz CT molecular complexity index is 1980. The van der Waals surface area contributed by atoms with Gasteiger partial charge in [0.05, 0.1) is 16.1 Å². The van der Waals surface area contributed by atoms with Crippen LogP contribution in [0.3, 0.4) is 0 Å². The maximum absolute atomic E-state index is 2.46. The van der Waals surface area contributed by atoms with Gasteiger partial charge in [0, 0.05) is 32.0 Å². The Hall–Kier alpha value is -4.14. The van der Waals surface area contributed by atoms with Crippen molar-refractivity contribution in [3.63, 3.8) is 0 Å². The summed E-state index contributed by atoms with van der Waals surface area (Å²) in [5.74, 6) is 0. The van der Waals surface area contributed by atoms with Crippen molar-refractivity contribution in [1.82, 2.24) is 0 Å². The highest BCUT2D eigenvalue weighted by molar-refractivity contribution is 7.26. The first-order chi connectivity index (χ1) is 19.1. The van der Waals surface area contributed by atoms with Gasteiger partial charge in [-0.15, -0.1) is 11.3 Å². The van der Waals surface area contributed by atoms with Crippen molar-refractivity contribution in [2.24, 2.45) is 0 Å². The molecule has 6 aromatic rings. The molecule has 0 aliphatic heterocycles. The van der Waals surface area contributed by atoms with Gasteiger partial charge in [-0.05, 0) is 64.8 Å². The molecule has 1 nitrogen and oxygen atoms in total. The van der Waals surface area contributed by atoms with Gasteiger partial charge >= 0.3 is 0 Å². The van der Waals surface area contributed by atoms with Gasteiger partial charge in [-0.25, -0.2) is 0 Å². The monoisotopic (exact) mass is 519 g/mol. The first-order valence-corrected chi connectivity index (χ1v) is 14.7. The summed E-state index contributed by atoms with van der Waals surface area (Å²) in [6, 6.07) is 37.8. The molecule has 0 N–H and O–H groups in total. The van der Waals surface area contributed by atoms with Gasteiger partial charge in [-0.3, -0.25) is 0 Å². The highest BCUT2D eigenvalue weighted by Gasteiger charge is 2.38. The van der Waals surface area contributed by atoms with E-state index in [1.54, 1.807) is 5.57 Å². The lowest BCUT2D eigenvalue weighted by molar-refractivity contribution is 0.652. The minimum Gasteiger partial charge on any atom is -0.308 e. The van der Waals surface area contributed by atoms with Crippen molar-refractivity contribution < 1.29 is 0 Å². The lowest BCUT2D eigenvalue weighted by atomic mass is 9.80. The molecule has 0 saturated heterocycles. The van der Waals surface area contributed by atoms with E-state index in [1.807, 2.05) is 11.3 Å². The molecule has 39 heavy (non-hydrogen) atoms. The fraction of sp³-hybridized carbons (Fsp3) is 0.135. The van der Waals surface area contributed by atoms with Crippen molar-refractivity contribution in [3.05, 3.63) is 132 Å². The zero-order valence-corrected chi connectivity index (χ0v) is 23.1. The summed E-state index contributed by atoms with van der Waals surface area (Å²) in [5.41, 5.74) is 9.72. The molecule has 2 aliphatic rings. The first kappa shape index (κ1) is 22.8. The van der Waals surface area contributed by atoms with Crippen LogP contribution in [0.1, 0.15) is 37.8 Å². The minimum absolute atomic E-state index is 0.0494. The van der Waals surface area contributed by atoms with E-state index in [2.05, 4.69) is 134 Å². The molecular weight excluding hydrogens is 490 g/mol. The van der Waals surface area contributed by atoms with Crippen LogP contribution in [0.5, 0.6) is 0 Å². The average Bonchev–Trinajstić information content (AvgIpc) is 3.47. The second-order valence-electron chi connectivity index (χ2n) is 11.2. The third-order valence-corrected chi connectivity index (χ3v) is 9.99. The quantitative estimate of drug-likeness (QED) is 0.225. The number of benzene rings is 5. The maximum Gasteiger partial charge on any atom is 0.0640 e. The lowest BCUT2D eigenvalue weighted by Gasteiger charge is -2.27. The van der Waals surface area contributed by atoms with Crippen LogP contribution in [0.25, 0.3) is 36.5 Å². The van der Waals surface area contributed by atoms with E-state index in [-0.39, 0.29) is 5.41 Å². The molecule has 8 rings (SSSR count). The molecule has 1 heterocycles. The number of fused-ring (bicyclic) bond motifs is 7. The maximum atomic E-state index is 2.46. The molecule has 0 unspecified atom stereocenters. The Kier molecular flexibility index (Phi) is 4.93. The molecule has 5 aromatic carbocycles. The van der Waals surface area contributed by atoms with Crippen LogP contribution >= 0.6 is 11.3 Å². The van der Waals surface area contributed by atoms with Crippen molar-refractivity contribution in [2.45, 2.75) is 32.1 Å². The van der Waals surface area contributed by atoms with Crippen molar-refractivity contribution >= 4 is 64.9 Å². The van der Waals surface area contributed by atoms with Crippen molar-refractivity contribution in [2.75, 3.05) is 4.90 Å². The van der Waals surface area contributed by atoms with Crippen molar-refractivity contribution in [3.8, 4) is 0 Å². The summed E-state index contributed by atoms with van der Waals surface area (Å²) in [6.07, 6.45) is 7.01. The standard InChI is InChI=1S/C37H29NS/c1-37(2)30-19-9-8-17-29(30)34-31(37)23-22-28-27-18-11-21-33(35(27)39-36(28)34)38(25-14-4-3-5-15-25)32-20-10-13-24-12-6-7-16-26(24)32/h3-7,9-16,18-23H,8,17H2,1-2H3. The minimum atomic E-state index is 0.0494. The summed E-state index contributed by atoms with van der Waals surface area (Å²) >= 11 is 1.97. The molecule has 0 atom stereocenters. The number of para-hydroxylation sites is 1. The number of thiophene rings is 1. The van der Waals surface area contributed by atoms with Gasteiger partial charge < -0.3 is 4.90 Å². The van der Waals surface area contributed by atoms with Gasteiger partial charge in [-0.2, -0.15) is 0 Å². The Labute approximate surface area is 233 Å². The highest BCUT2D eigenvalue weighted by Crippen LogP contribution is 2.55. The summed E-state index contributed by atoms with van der Waals surface area (Å²) in [5, 5.41) is 5.23. The number of nitrogens with zero attached hydrogens (tertiary/aromatic N) is 1. The van der Waals surface area contributed by atoms with E-state index in [4.69, 9.17) is 0 Å². The van der Waals surface area contributed by atoms with Crippen LogP contribution in [-0.4, -0.2) is 0 Å². The van der Waals surface area contributed by atoms with Crippen LogP contribution in [0.2, 0.25) is 0 Å². The summed E-state index contributed by atoms with van der Waals surface area (Å²) in [7, 11) is 0. The Morgan fingerprint density at radius 2 is 1.38 bits per heavy atom. The molecule has 2 aliphatic carbocycles. The normalized spacial score (nSPS) is 15.7. The smallest absolute Gasteiger partial charge is 0.0640 e. The third kappa shape index (κ3) is 3.25. The van der Waals surface area contributed by atoms with Gasteiger partial charge in [0.2, 0.25) is 0 Å². The predicted octanol–water partition coefficient (Wildman–Crippen LogP) is 11.1.